The van der Waals surface area contributed by atoms with E-state index < -0.39 is 5.91 Å². The molecular weight excluding hydrogens is 356 g/mol. The molecule has 0 aliphatic heterocycles. The van der Waals surface area contributed by atoms with E-state index in [2.05, 4.69) is 21.2 Å². The molecule has 0 fully saturated rings. The molecule has 0 heterocycles. The van der Waals surface area contributed by atoms with Crippen molar-refractivity contribution in [1.82, 2.24) is 0 Å². The number of anilines is 1. The van der Waals surface area contributed by atoms with Crippen LogP contribution in [0, 0.1) is 0 Å². The first kappa shape index (κ1) is 15.5. The van der Waals surface area contributed by atoms with Gasteiger partial charge in [-0.2, -0.15) is 0 Å². The summed E-state index contributed by atoms with van der Waals surface area (Å²) in [5.41, 5.74) is 6.85. The molecule has 0 saturated carbocycles. The van der Waals surface area contributed by atoms with E-state index >= 15 is 0 Å². The summed E-state index contributed by atoms with van der Waals surface area (Å²) >= 11 is 9.24. The highest BCUT2D eigenvalue weighted by Crippen LogP contribution is 2.24. The van der Waals surface area contributed by atoms with Gasteiger partial charge in [-0.25, -0.2) is 0 Å². The van der Waals surface area contributed by atoms with E-state index in [-0.39, 0.29) is 12.3 Å². The normalized spacial score (nSPS) is 10.2. The number of rotatable bonds is 4. The Hall–Kier alpha value is -1.85. The molecule has 0 aromatic heterocycles. The van der Waals surface area contributed by atoms with Gasteiger partial charge in [0, 0.05) is 15.7 Å². The minimum Gasteiger partial charge on any atom is -0.369 e. The summed E-state index contributed by atoms with van der Waals surface area (Å²) in [6.07, 6.45) is 0.0670. The molecule has 4 nitrogen and oxygen atoms in total. The average molecular weight is 368 g/mol. The van der Waals surface area contributed by atoms with Gasteiger partial charge in [-0.3, -0.25) is 9.59 Å². The Kier molecular flexibility index (Phi) is 4.98. The minimum absolute atomic E-state index is 0.0670. The van der Waals surface area contributed by atoms with E-state index in [0.29, 0.717) is 21.8 Å². The highest BCUT2D eigenvalue weighted by Gasteiger charge is 2.11. The second-order valence-electron chi connectivity index (χ2n) is 4.38. The molecule has 2 aromatic carbocycles. The van der Waals surface area contributed by atoms with Crippen molar-refractivity contribution in [1.29, 1.82) is 0 Å². The first-order chi connectivity index (χ1) is 9.97. The third-order valence-corrected chi connectivity index (χ3v) is 4.04. The number of para-hydroxylation sites is 1. The summed E-state index contributed by atoms with van der Waals surface area (Å²) in [4.78, 5) is 23.3. The molecule has 0 saturated heterocycles. The molecule has 0 unspecified atom stereocenters. The van der Waals surface area contributed by atoms with E-state index in [0.717, 1.165) is 4.47 Å². The maximum absolute atomic E-state index is 12.2. The number of benzene rings is 2. The van der Waals surface area contributed by atoms with Crippen molar-refractivity contribution in [3.05, 3.63) is 63.1 Å². The van der Waals surface area contributed by atoms with Gasteiger partial charge in [-0.1, -0.05) is 29.8 Å². The molecule has 2 rings (SSSR count). The van der Waals surface area contributed by atoms with Gasteiger partial charge >= 0.3 is 0 Å². The molecule has 0 atom stereocenters. The largest absolute Gasteiger partial charge is 0.369 e. The van der Waals surface area contributed by atoms with Gasteiger partial charge in [0.25, 0.3) is 5.91 Å². The Morgan fingerprint density at radius 1 is 1.19 bits per heavy atom. The molecular formula is C15H12BrClN2O2. The summed E-state index contributed by atoms with van der Waals surface area (Å²) in [7, 11) is 0. The lowest BCUT2D eigenvalue weighted by Gasteiger charge is -2.10. The van der Waals surface area contributed by atoms with E-state index in [4.69, 9.17) is 17.3 Å². The lowest BCUT2D eigenvalue weighted by Crippen LogP contribution is -2.17. The number of halogens is 2. The standard InChI is InChI=1S/C15H12BrClN2O2/c16-11-6-5-10(7-12(11)17)15(21)19-13-4-2-1-3-9(13)8-14(18)20/h1-7H,8H2,(H2,18,20)(H,19,21). The summed E-state index contributed by atoms with van der Waals surface area (Å²) in [5, 5.41) is 3.21. The number of carbonyl (C=O) groups excluding carboxylic acids is 2. The second kappa shape index (κ2) is 6.74. The third kappa shape index (κ3) is 4.06. The molecule has 0 bridgehead atoms. The molecule has 0 aliphatic rings. The van der Waals surface area contributed by atoms with Gasteiger partial charge in [0.2, 0.25) is 5.91 Å². The van der Waals surface area contributed by atoms with Crippen LogP contribution < -0.4 is 11.1 Å². The number of hydrogen-bond acceptors (Lipinski definition) is 2. The van der Waals surface area contributed by atoms with Crippen LogP contribution in [0.5, 0.6) is 0 Å². The monoisotopic (exact) mass is 366 g/mol. The highest BCUT2D eigenvalue weighted by atomic mass is 79.9. The number of carbonyl (C=O) groups is 2. The smallest absolute Gasteiger partial charge is 0.255 e. The maximum Gasteiger partial charge on any atom is 0.255 e. The first-order valence-electron chi connectivity index (χ1n) is 6.10. The van der Waals surface area contributed by atoms with Crippen molar-refractivity contribution >= 4 is 45.0 Å². The predicted octanol–water partition coefficient (Wildman–Crippen LogP) is 3.38. The van der Waals surface area contributed by atoms with Crippen LogP contribution in [0.25, 0.3) is 0 Å². The SMILES string of the molecule is NC(=O)Cc1ccccc1NC(=O)c1ccc(Br)c(Cl)c1. The van der Waals surface area contributed by atoms with Gasteiger partial charge in [-0.05, 0) is 45.8 Å². The number of amides is 2. The topological polar surface area (TPSA) is 72.2 Å². The molecule has 6 heteroatoms. The molecule has 3 N–H and O–H groups in total. The summed E-state index contributed by atoms with van der Waals surface area (Å²) in [6, 6.07) is 11.9. The van der Waals surface area contributed by atoms with Crippen LogP contribution in [0.15, 0.2) is 46.9 Å². The first-order valence-corrected chi connectivity index (χ1v) is 7.27. The lowest BCUT2D eigenvalue weighted by molar-refractivity contribution is -0.117. The van der Waals surface area contributed by atoms with Crippen LogP contribution in [0.3, 0.4) is 0 Å². The average Bonchev–Trinajstić information content (AvgIpc) is 2.43. The van der Waals surface area contributed by atoms with E-state index in [1.165, 1.54) is 0 Å². The van der Waals surface area contributed by atoms with Crippen molar-refractivity contribution in [2.24, 2.45) is 5.73 Å². The van der Waals surface area contributed by atoms with E-state index in [1.54, 1.807) is 42.5 Å². The highest BCUT2D eigenvalue weighted by molar-refractivity contribution is 9.10. The zero-order valence-electron chi connectivity index (χ0n) is 10.9. The summed E-state index contributed by atoms with van der Waals surface area (Å²) in [5.74, 6) is -0.760. The van der Waals surface area contributed by atoms with Crippen LogP contribution in [0.1, 0.15) is 15.9 Å². The number of nitrogens with one attached hydrogen (secondary N) is 1. The van der Waals surface area contributed by atoms with Gasteiger partial charge in [0.1, 0.15) is 0 Å². The van der Waals surface area contributed by atoms with Crippen molar-refractivity contribution < 1.29 is 9.59 Å². The Bertz CT molecular complexity index is 704. The maximum atomic E-state index is 12.2. The Labute approximate surface area is 135 Å². The zero-order chi connectivity index (χ0) is 15.4. The number of primary amides is 1. The Balaban J connectivity index is 2.23. The lowest BCUT2D eigenvalue weighted by atomic mass is 10.1. The third-order valence-electron chi connectivity index (χ3n) is 2.81. The number of hydrogen-bond donors (Lipinski definition) is 2. The summed E-state index contributed by atoms with van der Waals surface area (Å²) in [6.45, 7) is 0. The van der Waals surface area contributed by atoms with Crippen LogP contribution in [-0.4, -0.2) is 11.8 Å². The Morgan fingerprint density at radius 3 is 2.57 bits per heavy atom. The number of nitrogens with two attached hydrogens (primary N) is 1. The summed E-state index contributed by atoms with van der Waals surface area (Å²) < 4.78 is 0.717. The molecule has 108 valence electrons. The zero-order valence-corrected chi connectivity index (χ0v) is 13.2. The van der Waals surface area contributed by atoms with Crippen LogP contribution >= 0.6 is 27.5 Å². The fourth-order valence-corrected chi connectivity index (χ4v) is 2.24. The van der Waals surface area contributed by atoms with E-state index in [1.807, 2.05) is 0 Å². The van der Waals surface area contributed by atoms with Gasteiger partial charge in [0.05, 0.1) is 11.4 Å². The van der Waals surface area contributed by atoms with Gasteiger partial charge in [-0.15, -0.1) is 0 Å². The molecule has 0 radical (unpaired) electrons. The van der Waals surface area contributed by atoms with Crippen LogP contribution in [0.2, 0.25) is 5.02 Å². The second-order valence-corrected chi connectivity index (χ2v) is 5.64. The van der Waals surface area contributed by atoms with Crippen LogP contribution in [0.4, 0.5) is 5.69 Å². The molecule has 21 heavy (non-hydrogen) atoms. The minimum atomic E-state index is -0.455. The van der Waals surface area contributed by atoms with Crippen molar-refractivity contribution in [2.45, 2.75) is 6.42 Å². The fraction of sp³-hybridized carbons (Fsp3) is 0.0667. The van der Waals surface area contributed by atoms with Gasteiger partial charge < -0.3 is 11.1 Å². The predicted molar refractivity (Wildman–Crippen MR) is 86.4 cm³/mol. The molecule has 2 aromatic rings. The molecule has 0 spiro atoms. The van der Waals surface area contributed by atoms with Gasteiger partial charge in [0.15, 0.2) is 0 Å². The van der Waals surface area contributed by atoms with Crippen LogP contribution in [-0.2, 0) is 11.2 Å². The fourth-order valence-electron chi connectivity index (χ4n) is 1.82. The van der Waals surface area contributed by atoms with Crippen molar-refractivity contribution in [3.8, 4) is 0 Å². The van der Waals surface area contributed by atoms with Crippen molar-refractivity contribution in [3.63, 3.8) is 0 Å². The quantitative estimate of drug-likeness (QED) is 0.869. The molecule has 2 amide bonds. The Morgan fingerprint density at radius 2 is 1.90 bits per heavy atom. The molecule has 0 aliphatic carbocycles. The van der Waals surface area contributed by atoms with E-state index in [9.17, 15) is 9.59 Å². The van der Waals surface area contributed by atoms with Crippen molar-refractivity contribution in [2.75, 3.05) is 5.32 Å².